The molecule has 0 aliphatic rings. The van der Waals surface area contributed by atoms with Crippen molar-refractivity contribution < 1.29 is 14.5 Å². The number of halogens is 1. The van der Waals surface area contributed by atoms with Crippen LogP contribution in [0.25, 0.3) is 6.08 Å². The second-order valence-electron chi connectivity index (χ2n) is 5.16. The Morgan fingerprint density at radius 2 is 2.04 bits per heavy atom. The van der Waals surface area contributed by atoms with Crippen LogP contribution in [-0.4, -0.2) is 17.9 Å². The lowest BCUT2D eigenvalue weighted by Crippen LogP contribution is -2.23. The largest absolute Gasteiger partial charge is 0.497 e. The van der Waals surface area contributed by atoms with E-state index in [0.29, 0.717) is 5.75 Å². The van der Waals surface area contributed by atoms with E-state index in [-0.39, 0.29) is 28.4 Å². The molecule has 132 valence electrons. The van der Waals surface area contributed by atoms with Crippen LogP contribution in [0, 0.1) is 21.4 Å². The number of nitriles is 1. The molecule has 0 bridgehead atoms. The Hall–Kier alpha value is -3.37. The van der Waals surface area contributed by atoms with E-state index < -0.39 is 10.8 Å². The zero-order chi connectivity index (χ0) is 19.1. The van der Waals surface area contributed by atoms with Crippen molar-refractivity contribution in [1.29, 1.82) is 5.26 Å². The number of benzene rings is 2. The third-order valence-electron chi connectivity index (χ3n) is 3.47. The fourth-order valence-corrected chi connectivity index (χ4v) is 2.25. The predicted molar refractivity (Wildman–Crippen MR) is 96.5 cm³/mol. The molecule has 26 heavy (non-hydrogen) atoms. The topological polar surface area (TPSA) is 105 Å². The summed E-state index contributed by atoms with van der Waals surface area (Å²) < 4.78 is 5.05. The standard InChI is InChI=1S/C18H14ClN3O4/c1-26-16-5-2-12(3-6-16)11-21-18(23)14(10-20)8-13-9-15(22(24)25)4-7-17(13)19/h2-9H,11H2,1H3,(H,21,23). The first-order valence-corrected chi connectivity index (χ1v) is 7.79. The fourth-order valence-electron chi connectivity index (χ4n) is 2.08. The molecule has 8 heteroatoms. The minimum absolute atomic E-state index is 0.184. The van der Waals surface area contributed by atoms with Crippen LogP contribution in [0.5, 0.6) is 5.75 Å². The van der Waals surface area contributed by atoms with E-state index in [2.05, 4.69) is 5.32 Å². The molecule has 0 heterocycles. The van der Waals surface area contributed by atoms with E-state index in [9.17, 15) is 20.2 Å². The van der Waals surface area contributed by atoms with Gasteiger partial charge in [-0.05, 0) is 29.8 Å². The normalized spacial score (nSPS) is 10.7. The van der Waals surface area contributed by atoms with Gasteiger partial charge in [0, 0.05) is 29.3 Å². The third-order valence-corrected chi connectivity index (χ3v) is 3.81. The van der Waals surface area contributed by atoms with Crippen molar-refractivity contribution in [3.8, 4) is 11.8 Å². The molecule has 0 saturated heterocycles. The summed E-state index contributed by atoms with van der Waals surface area (Å²) in [6.45, 7) is 0.213. The summed E-state index contributed by atoms with van der Waals surface area (Å²) in [6.07, 6.45) is 1.22. The first-order chi connectivity index (χ1) is 12.4. The second-order valence-corrected chi connectivity index (χ2v) is 5.57. The SMILES string of the molecule is COc1ccc(CNC(=O)C(C#N)=Cc2cc([N+](=O)[O-])ccc2Cl)cc1. The van der Waals surface area contributed by atoms with E-state index in [4.69, 9.17) is 16.3 Å². The van der Waals surface area contributed by atoms with Gasteiger partial charge in [0.15, 0.2) is 0 Å². The van der Waals surface area contributed by atoms with Gasteiger partial charge >= 0.3 is 0 Å². The monoisotopic (exact) mass is 371 g/mol. The van der Waals surface area contributed by atoms with Gasteiger partial charge in [0.2, 0.25) is 0 Å². The number of nitrogens with zero attached hydrogens (tertiary/aromatic N) is 2. The quantitative estimate of drug-likeness (QED) is 0.362. The molecule has 0 fully saturated rings. The van der Waals surface area contributed by atoms with Gasteiger partial charge in [-0.2, -0.15) is 5.26 Å². The molecule has 0 spiro atoms. The Balaban J connectivity index is 2.15. The average molecular weight is 372 g/mol. The molecule has 7 nitrogen and oxygen atoms in total. The number of nitrogens with one attached hydrogen (secondary N) is 1. The highest BCUT2D eigenvalue weighted by Crippen LogP contribution is 2.24. The Morgan fingerprint density at radius 1 is 1.35 bits per heavy atom. The van der Waals surface area contributed by atoms with Crippen molar-refractivity contribution in [2.24, 2.45) is 0 Å². The van der Waals surface area contributed by atoms with E-state index in [0.717, 1.165) is 5.56 Å². The summed E-state index contributed by atoms with van der Waals surface area (Å²) >= 11 is 5.99. The van der Waals surface area contributed by atoms with Crippen molar-refractivity contribution in [2.75, 3.05) is 7.11 Å². The Kier molecular flexibility index (Phi) is 6.31. The van der Waals surface area contributed by atoms with Crippen molar-refractivity contribution in [1.82, 2.24) is 5.32 Å². The summed E-state index contributed by atoms with van der Waals surface area (Å²) in [7, 11) is 1.56. The number of hydrogen-bond acceptors (Lipinski definition) is 5. The molecule has 0 atom stereocenters. The molecule has 0 aliphatic carbocycles. The van der Waals surface area contributed by atoms with Crippen molar-refractivity contribution >= 4 is 29.3 Å². The lowest BCUT2D eigenvalue weighted by atomic mass is 10.1. The van der Waals surface area contributed by atoms with Crippen LogP contribution in [0.2, 0.25) is 5.02 Å². The van der Waals surface area contributed by atoms with Crippen LogP contribution in [0.3, 0.4) is 0 Å². The molecule has 0 unspecified atom stereocenters. The van der Waals surface area contributed by atoms with Crippen molar-refractivity contribution in [3.05, 3.63) is 74.3 Å². The number of hydrogen-bond donors (Lipinski definition) is 1. The van der Waals surface area contributed by atoms with Gasteiger partial charge in [-0.1, -0.05) is 23.7 Å². The first kappa shape index (κ1) is 19.0. The number of nitro benzene ring substituents is 1. The molecule has 2 aromatic carbocycles. The molecule has 2 aromatic rings. The van der Waals surface area contributed by atoms with Crippen LogP contribution in [0.1, 0.15) is 11.1 Å². The molecule has 2 rings (SSSR count). The van der Waals surface area contributed by atoms with Crippen LogP contribution in [0.15, 0.2) is 48.0 Å². The first-order valence-electron chi connectivity index (χ1n) is 7.41. The highest BCUT2D eigenvalue weighted by Gasteiger charge is 2.13. The van der Waals surface area contributed by atoms with Gasteiger partial charge in [-0.3, -0.25) is 14.9 Å². The molecular formula is C18H14ClN3O4. The van der Waals surface area contributed by atoms with E-state index in [1.165, 1.54) is 24.3 Å². The molecule has 1 amide bonds. The minimum Gasteiger partial charge on any atom is -0.497 e. The van der Waals surface area contributed by atoms with Gasteiger partial charge in [-0.25, -0.2) is 0 Å². The van der Waals surface area contributed by atoms with Crippen LogP contribution in [-0.2, 0) is 11.3 Å². The van der Waals surface area contributed by atoms with Gasteiger partial charge in [-0.15, -0.1) is 0 Å². The fraction of sp³-hybridized carbons (Fsp3) is 0.111. The van der Waals surface area contributed by atoms with Gasteiger partial charge in [0.05, 0.1) is 12.0 Å². The van der Waals surface area contributed by atoms with Crippen LogP contribution >= 0.6 is 11.6 Å². The molecule has 0 aromatic heterocycles. The van der Waals surface area contributed by atoms with Crippen LogP contribution in [0.4, 0.5) is 5.69 Å². The number of amides is 1. The molecular weight excluding hydrogens is 358 g/mol. The average Bonchev–Trinajstić information content (AvgIpc) is 2.65. The lowest BCUT2D eigenvalue weighted by Gasteiger charge is -2.06. The van der Waals surface area contributed by atoms with E-state index >= 15 is 0 Å². The summed E-state index contributed by atoms with van der Waals surface area (Å²) in [6, 6.07) is 12.7. The van der Waals surface area contributed by atoms with Gasteiger partial charge in [0.1, 0.15) is 17.4 Å². The number of carbonyl (C=O) groups excluding carboxylic acids is 1. The zero-order valence-corrected chi connectivity index (χ0v) is 14.5. The summed E-state index contributed by atoms with van der Waals surface area (Å²) in [5, 5.41) is 22.9. The Bertz CT molecular complexity index is 902. The maximum atomic E-state index is 12.2. The number of methoxy groups -OCH3 is 1. The van der Waals surface area contributed by atoms with Crippen LogP contribution < -0.4 is 10.1 Å². The maximum absolute atomic E-state index is 12.2. The second kappa shape index (κ2) is 8.65. The molecule has 1 N–H and O–H groups in total. The lowest BCUT2D eigenvalue weighted by molar-refractivity contribution is -0.384. The van der Waals surface area contributed by atoms with E-state index in [1.54, 1.807) is 37.4 Å². The van der Waals surface area contributed by atoms with Crippen molar-refractivity contribution in [2.45, 2.75) is 6.54 Å². The number of rotatable bonds is 6. The molecule has 0 saturated carbocycles. The summed E-state index contributed by atoms with van der Waals surface area (Å²) in [5.41, 5.74) is 0.652. The number of nitro groups is 1. The zero-order valence-electron chi connectivity index (χ0n) is 13.7. The van der Waals surface area contributed by atoms with E-state index in [1.807, 2.05) is 0 Å². The third kappa shape index (κ3) is 4.82. The Morgan fingerprint density at radius 3 is 2.62 bits per heavy atom. The number of non-ortho nitro benzene ring substituents is 1. The Labute approximate surface area is 154 Å². The molecule has 0 radical (unpaired) electrons. The summed E-state index contributed by atoms with van der Waals surface area (Å²) in [5.74, 6) is 0.0869. The predicted octanol–water partition coefficient (Wildman–Crippen LogP) is 3.48. The highest BCUT2D eigenvalue weighted by atomic mass is 35.5. The van der Waals surface area contributed by atoms with Gasteiger partial charge < -0.3 is 10.1 Å². The number of carbonyl (C=O) groups is 1. The smallest absolute Gasteiger partial charge is 0.270 e. The number of ether oxygens (including phenoxy) is 1. The minimum atomic E-state index is -0.606. The molecule has 0 aliphatic heterocycles. The van der Waals surface area contributed by atoms with Crippen molar-refractivity contribution in [3.63, 3.8) is 0 Å². The highest BCUT2D eigenvalue weighted by molar-refractivity contribution is 6.32. The van der Waals surface area contributed by atoms with Gasteiger partial charge in [0.25, 0.3) is 11.6 Å². The maximum Gasteiger partial charge on any atom is 0.270 e. The summed E-state index contributed by atoms with van der Waals surface area (Å²) in [4.78, 5) is 22.5.